The van der Waals surface area contributed by atoms with E-state index >= 15 is 0 Å². The number of ether oxygens (including phenoxy) is 2. The van der Waals surface area contributed by atoms with Crippen LogP contribution in [0.1, 0.15) is 34.7 Å². The van der Waals surface area contributed by atoms with E-state index in [4.69, 9.17) is 9.47 Å². The van der Waals surface area contributed by atoms with Gasteiger partial charge < -0.3 is 9.47 Å². The van der Waals surface area contributed by atoms with Gasteiger partial charge >= 0.3 is 5.30 Å². The number of carbonyl (C=O) groups excluding carboxylic acids is 1. The summed E-state index contributed by atoms with van der Waals surface area (Å²) in [4.78, 5) is 12.5. The van der Waals surface area contributed by atoms with Crippen LogP contribution in [0, 0.1) is 20.8 Å². The van der Waals surface area contributed by atoms with Crippen molar-refractivity contribution < 1.29 is 14.3 Å². The van der Waals surface area contributed by atoms with E-state index in [9.17, 15) is 4.79 Å². The van der Waals surface area contributed by atoms with Crippen molar-refractivity contribution in [2.24, 2.45) is 0 Å². The van der Waals surface area contributed by atoms with Crippen LogP contribution in [0.3, 0.4) is 0 Å². The van der Waals surface area contributed by atoms with Gasteiger partial charge in [0.15, 0.2) is 0 Å². The Morgan fingerprint density at radius 1 is 1.08 bits per heavy atom. The van der Waals surface area contributed by atoms with Crippen molar-refractivity contribution in [2.75, 3.05) is 7.11 Å². The third-order valence-electron chi connectivity index (χ3n) is 4.13. The zero-order valence-electron chi connectivity index (χ0n) is 14.9. The molecule has 0 bridgehead atoms. The lowest BCUT2D eigenvalue weighted by Gasteiger charge is -2.16. The van der Waals surface area contributed by atoms with Gasteiger partial charge in [0.1, 0.15) is 12.4 Å². The molecule has 0 fully saturated rings. The second-order valence-electron chi connectivity index (χ2n) is 5.79. The molecule has 2 rings (SSSR count). The van der Waals surface area contributed by atoms with E-state index in [-0.39, 0.29) is 5.30 Å². The second kappa shape index (κ2) is 8.25. The molecule has 0 atom stereocenters. The van der Waals surface area contributed by atoms with Crippen LogP contribution in [0.5, 0.6) is 5.75 Å². The van der Waals surface area contributed by atoms with E-state index in [1.807, 2.05) is 12.1 Å². The van der Waals surface area contributed by atoms with Crippen molar-refractivity contribution in [1.82, 2.24) is 0 Å². The first-order valence-corrected chi connectivity index (χ1v) is 8.85. The molecule has 0 heterocycles. The first kappa shape index (κ1) is 18.4. The van der Waals surface area contributed by atoms with Crippen LogP contribution < -0.4 is 4.74 Å². The monoisotopic (exact) mass is 344 g/mol. The van der Waals surface area contributed by atoms with Gasteiger partial charge in [-0.05, 0) is 73.3 Å². The minimum atomic E-state index is -0.313. The zero-order valence-corrected chi connectivity index (χ0v) is 15.8. The third kappa shape index (κ3) is 4.32. The molecule has 2 aromatic carbocycles. The molecule has 0 aliphatic heterocycles. The summed E-state index contributed by atoms with van der Waals surface area (Å²) in [7, 11) is 1.40. The molecule has 128 valence electrons. The van der Waals surface area contributed by atoms with Crippen molar-refractivity contribution in [1.29, 1.82) is 0 Å². The molecule has 0 saturated carbocycles. The number of aryl methyl sites for hydroxylation is 4. The Morgan fingerprint density at radius 2 is 1.79 bits per heavy atom. The van der Waals surface area contributed by atoms with Gasteiger partial charge in [0.2, 0.25) is 0 Å². The molecule has 24 heavy (non-hydrogen) atoms. The van der Waals surface area contributed by atoms with Crippen molar-refractivity contribution in [3.63, 3.8) is 0 Å². The smallest absolute Gasteiger partial charge is 0.371 e. The number of carbonyl (C=O) groups is 1. The van der Waals surface area contributed by atoms with Crippen molar-refractivity contribution >= 4 is 17.1 Å². The summed E-state index contributed by atoms with van der Waals surface area (Å²) in [5.41, 5.74) is 5.83. The van der Waals surface area contributed by atoms with Crippen molar-refractivity contribution in [3.8, 4) is 5.75 Å². The van der Waals surface area contributed by atoms with Gasteiger partial charge in [-0.15, -0.1) is 0 Å². The molecule has 0 saturated heterocycles. The number of rotatable bonds is 5. The van der Waals surface area contributed by atoms with Gasteiger partial charge in [0.05, 0.1) is 7.11 Å². The van der Waals surface area contributed by atoms with Crippen LogP contribution in [-0.4, -0.2) is 12.4 Å². The highest BCUT2D eigenvalue weighted by Crippen LogP contribution is 2.30. The van der Waals surface area contributed by atoms with E-state index in [0.717, 1.165) is 40.0 Å². The van der Waals surface area contributed by atoms with Gasteiger partial charge in [-0.25, -0.2) is 4.79 Å². The van der Waals surface area contributed by atoms with E-state index in [0.29, 0.717) is 6.61 Å². The lowest BCUT2D eigenvalue weighted by molar-refractivity contribution is 0.200. The van der Waals surface area contributed by atoms with Crippen LogP contribution in [0.15, 0.2) is 35.2 Å². The maximum Gasteiger partial charge on any atom is 0.371 e. The summed E-state index contributed by atoms with van der Waals surface area (Å²) in [5, 5.41) is -0.313. The standard InChI is InChI=1S/C20H24O3S/c1-6-16-8-7-9-19(24-20(21)22-5)17(16)12-23-18-11-14(3)13(2)10-15(18)4/h7-11H,6,12H2,1-5H3. The number of methoxy groups -OCH3 is 1. The minimum Gasteiger partial charge on any atom is -0.489 e. The van der Waals surface area contributed by atoms with Crippen molar-refractivity contribution in [3.05, 3.63) is 58.1 Å². The van der Waals surface area contributed by atoms with Gasteiger partial charge in [-0.3, -0.25) is 0 Å². The van der Waals surface area contributed by atoms with E-state index in [2.05, 4.69) is 45.9 Å². The topological polar surface area (TPSA) is 35.5 Å². The van der Waals surface area contributed by atoms with Gasteiger partial charge in [0, 0.05) is 10.5 Å². The van der Waals surface area contributed by atoms with Crippen LogP contribution >= 0.6 is 11.8 Å². The first-order chi connectivity index (χ1) is 11.5. The highest BCUT2D eigenvalue weighted by atomic mass is 32.2. The van der Waals surface area contributed by atoms with Gasteiger partial charge in [0.25, 0.3) is 0 Å². The van der Waals surface area contributed by atoms with E-state index in [1.165, 1.54) is 23.8 Å². The summed E-state index contributed by atoms with van der Waals surface area (Å²) in [6.07, 6.45) is 0.889. The second-order valence-corrected chi connectivity index (χ2v) is 6.77. The lowest BCUT2D eigenvalue weighted by Crippen LogP contribution is -2.04. The van der Waals surface area contributed by atoms with Gasteiger partial charge in [-0.2, -0.15) is 0 Å². The number of thioether (sulfide) groups is 1. The zero-order chi connectivity index (χ0) is 17.7. The summed E-state index contributed by atoms with van der Waals surface area (Å²) in [6.45, 7) is 8.78. The number of hydrogen-bond acceptors (Lipinski definition) is 4. The molecule has 2 aromatic rings. The van der Waals surface area contributed by atoms with Crippen LogP contribution in [0.2, 0.25) is 0 Å². The van der Waals surface area contributed by atoms with Crippen molar-refractivity contribution in [2.45, 2.75) is 45.6 Å². The Balaban J connectivity index is 2.28. The predicted octanol–water partition coefficient (Wildman–Crippen LogP) is 5.61. The fraction of sp³-hybridized carbons (Fsp3) is 0.350. The normalized spacial score (nSPS) is 10.5. The Morgan fingerprint density at radius 3 is 2.46 bits per heavy atom. The molecule has 4 heteroatoms. The summed E-state index contributed by atoms with van der Waals surface area (Å²) < 4.78 is 10.9. The molecule has 3 nitrogen and oxygen atoms in total. The fourth-order valence-corrected chi connectivity index (χ4v) is 3.30. The quantitative estimate of drug-likeness (QED) is 0.521. The SMILES string of the molecule is CCc1cccc(SC(=O)OC)c1COc1cc(C)c(C)cc1C. The number of hydrogen-bond donors (Lipinski definition) is 0. The van der Waals surface area contributed by atoms with Crippen LogP contribution in [0.4, 0.5) is 4.79 Å². The highest BCUT2D eigenvalue weighted by molar-refractivity contribution is 8.13. The molecular weight excluding hydrogens is 320 g/mol. The average Bonchev–Trinajstić information content (AvgIpc) is 2.57. The number of benzene rings is 2. The van der Waals surface area contributed by atoms with Gasteiger partial charge in [-0.1, -0.05) is 25.1 Å². The summed E-state index contributed by atoms with van der Waals surface area (Å²) in [6, 6.07) is 10.2. The van der Waals surface area contributed by atoms with E-state index in [1.54, 1.807) is 0 Å². The Bertz CT molecular complexity index is 738. The molecule has 0 aliphatic carbocycles. The van der Waals surface area contributed by atoms with Crippen LogP contribution in [0.25, 0.3) is 0 Å². The van der Waals surface area contributed by atoms with Crippen LogP contribution in [-0.2, 0) is 17.8 Å². The molecular formula is C20H24O3S. The Hall–Kier alpha value is -1.94. The molecule has 0 spiro atoms. The molecule has 0 aliphatic rings. The highest BCUT2D eigenvalue weighted by Gasteiger charge is 2.14. The van der Waals surface area contributed by atoms with E-state index < -0.39 is 0 Å². The molecule has 0 N–H and O–H groups in total. The molecule has 0 amide bonds. The maximum absolute atomic E-state index is 11.6. The summed E-state index contributed by atoms with van der Waals surface area (Å²) >= 11 is 1.10. The molecule has 0 unspecified atom stereocenters. The maximum atomic E-state index is 11.6. The Kier molecular flexibility index (Phi) is 6.32. The molecule has 0 radical (unpaired) electrons. The lowest BCUT2D eigenvalue weighted by atomic mass is 10.0. The largest absolute Gasteiger partial charge is 0.489 e. The molecule has 0 aromatic heterocycles. The third-order valence-corrected chi connectivity index (χ3v) is 5.07. The predicted molar refractivity (Wildman–Crippen MR) is 99.1 cm³/mol. The minimum absolute atomic E-state index is 0.313. The summed E-state index contributed by atoms with van der Waals surface area (Å²) in [5.74, 6) is 0.887. The first-order valence-electron chi connectivity index (χ1n) is 8.03. The average molecular weight is 344 g/mol. The Labute approximate surface area is 148 Å². The fourth-order valence-electron chi connectivity index (χ4n) is 2.57.